The Labute approximate surface area is 157 Å². The number of nitro benzene ring substituents is 1. The second-order valence-electron chi connectivity index (χ2n) is 5.04. The number of rotatable bonds is 4. The van der Waals surface area contributed by atoms with E-state index in [4.69, 9.17) is 0 Å². The Balaban J connectivity index is 2.09. The summed E-state index contributed by atoms with van der Waals surface area (Å²) in [4.78, 5) is 10.2. The van der Waals surface area contributed by atoms with Crippen LogP contribution in [0.15, 0.2) is 35.5 Å². The van der Waals surface area contributed by atoms with E-state index in [-0.39, 0.29) is 17.1 Å². The molecule has 1 unspecified atom stereocenters. The first-order chi connectivity index (χ1) is 11.8. The smallest absolute Gasteiger partial charge is 0.338 e. The molecule has 0 amide bonds. The van der Waals surface area contributed by atoms with Gasteiger partial charge in [0.25, 0.3) is 0 Å². The standard InChI is InChI=1S/C14H10FIN4O4S/c1-7-4-8(16)2-3-11(7)17-12-6-10(15)13(20(21)22)5-9(12)14-18-24-25(23)19-14/h2-6,17H,1H3,(H,18,19). The maximum Gasteiger partial charge on any atom is 0.338 e. The van der Waals surface area contributed by atoms with Gasteiger partial charge < -0.3 is 5.32 Å². The third-order valence-electron chi connectivity index (χ3n) is 3.37. The molecule has 0 fully saturated rings. The van der Waals surface area contributed by atoms with Crippen LogP contribution in [0.2, 0.25) is 0 Å². The number of oxime groups is 1. The Bertz CT molecular complexity index is 937. The number of nitro groups is 1. The lowest BCUT2D eigenvalue weighted by Crippen LogP contribution is -2.21. The van der Waals surface area contributed by atoms with Crippen molar-refractivity contribution in [3.8, 4) is 0 Å². The molecular weight excluding hydrogens is 466 g/mol. The van der Waals surface area contributed by atoms with E-state index in [1.165, 1.54) is 0 Å². The maximum absolute atomic E-state index is 14.1. The topological polar surface area (TPSA) is 106 Å². The Morgan fingerprint density at radius 2 is 2.12 bits per heavy atom. The third kappa shape index (κ3) is 3.71. The maximum atomic E-state index is 14.1. The largest absolute Gasteiger partial charge is 0.355 e. The highest BCUT2D eigenvalue weighted by molar-refractivity contribution is 14.1. The van der Waals surface area contributed by atoms with Crippen LogP contribution in [0.1, 0.15) is 11.1 Å². The van der Waals surface area contributed by atoms with E-state index in [2.05, 4.69) is 42.1 Å². The van der Waals surface area contributed by atoms with Crippen molar-refractivity contribution in [1.82, 2.24) is 4.72 Å². The first-order valence-electron chi connectivity index (χ1n) is 6.80. The lowest BCUT2D eigenvalue weighted by Gasteiger charge is -2.14. The minimum absolute atomic E-state index is 0.00657. The lowest BCUT2D eigenvalue weighted by molar-refractivity contribution is -0.387. The van der Waals surface area contributed by atoms with Crippen LogP contribution in [0.25, 0.3) is 0 Å². The molecule has 1 heterocycles. The highest BCUT2D eigenvalue weighted by Crippen LogP contribution is 2.31. The number of aryl methyl sites for hydroxylation is 1. The second kappa shape index (κ2) is 6.92. The number of benzene rings is 2. The van der Waals surface area contributed by atoms with Crippen molar-refractivity contribution in [3.63, 3.8) is 0 Å². The molecular formula is C14H10FIN4O4S. The minimum atomic E-state index is -1.88. The summed E-state index contributed by atoms with van der Waals surface area (Å²) in [5, 5.41) is 17.6. The van der Waals surface area contributed by atoms with Crippen LogP contribution in [0.5, 0.6) is 0 Å². The van der Waals surface area contributed by atoms with Gasteiger partial charge in [-0.05, 0) is 58.4 Å². The molecule has 0 saturated heterocycles. The number of hydrogen-bond donors (Lipinski definition) is 2. The fourth-order valence-corrected chi connectivity index (χ4v) is 3.34. The van der Waals surface area contributed by atoms with Crippen LogP contribution in [-0.4, -0.2) is 15.0 Å². The summed E-state index contributed by atoms with van der Waals surface area (Å²) in [6, 6.07) is 7.60. The third-order valence-corrected chi connectivity index (χ3v) is 4.61. The van der Waals surface area contributed by atoms with Gasteiger partial charge in [-0.1, -0.05) is 0 Å². The van der Waals surface area contributed by atoms with E-state index in [1.807, 2.05) is 19.1 Å². The molecule has 3 rings (SSSR count). The zero-order chi connectivity index (χ0) is 18.1. The first-order valence-corrected chi connectivity index (χ1v) is 8.96. The zero-order valence-electron chi connectivity index (χ0n) is 12.6. The summed E-state index contributed by atoms with van der Waals surface area (Å²) in [6.07, 6.45) is 0. The monoisotopic (exact) mass is 476 g/mol. The molecule has 0 aliphatic carbocycles. The molecule has 0 bridgehead atoms. The van der Waals surface area contributed by atoms with Gasteiger partial charge in [-0.3, -0.25) is 19.1 Å². The number of amidine groups is 1. The van der Waals surface area contributed by atoms with Crippen molar-refractivity contribution >= 4 is 56.8 Å². The molecule has 1 atom stereocenters. The summed E-state index contributed by atoms with van der Waals surface area (Å²) >= 11 is 0.283. The number of nitrogens with zero attached hydrogens (tertiary/aromatic N) is 2. The van der Waals surface area contributed by atoms with Crippen molar-refractivity contribution < 1.29 is 17.8 Å². The van der Waals surface area contributed by atoms with Crippen molar-refractivity contribution in [2.24, 2.45) is 5.16 Å². The van der Waals surface area contributed by atoms with Crippen molar-refractivity contribution in [2.45, 2.75) is 6.92 Å². The van der Waals surface area contributed by atoms with Gasteiger partial charge in [0.15, 0.2) is 5.84 Å². The summed E-state index contributed by atoms with van der Waals surface area (Å²) in [7, 11) is 0. The number of anilines is 2. The average molecular weight is 476 g/mol. The molecule has 2 N–H and O–H groups in total. The number of halogens is 2. The molecule has 25 heavy (non-hydrogen) atoms. The minimum Gasteiger partial charge on any atom is -0.355 e. The number of nitrogens with one attached hydrogen (secondary N) is 2. The van der Waals surface area contributed by atoms with Crippen molar-refractivity contribution in [3.05, 3.63) is 61.0 Å². The van der Waals surface area contributed by atoms with Crippen molar-refractivity contribution in [2.75, 3.05) is 5.32 Å². The van der Waals surface area contributed by atoms with Gasteiger partial charge in [-0.25, -0.2) is 0 Å². The van der Waals surface area contributed by atoms with Gasteiger partial charge in [-0.2, -0.15) is 8.60 Å². The van der Waals surface area contributed by atoms with E-state index in [9.17, 15) is 18.7 Å². The van der Waals surface area contributed by atoms with E-state index in [1.54, 1.807) is 6.07 Å². The molecule has 11 heteroatoms. The molecule has 1 aliphatic rings. The molecule has 130 valence electrons. The normalized spacial score (nSPS) is 16.0. The molecule has 2 aromatic carbocycles. The van der Waals surface area contributed by atoms with Crippen LogP contribution in [0.4, 0.5) is 21.5 Å². The van der Waals surface area contributed by atoms with Crippen LogP contribution >= 0.6 is 22.6 Å². The lowest BCUT2D eigenvalue weighted by atomic mass is 10.1. The molecule has 1 aliphatic heterocycles. The van der Waals surface area contributed by atoms with Crippen molar-refractivity contribution in [1.29, 1.82) is 0 Å². The van der Waals surface area contributed by atoms with E-state index < -0.39 is 27.7 Å². The van der Waals surface area contributed by atoms with Gasteiger partial charge in [0.1, 0.15) is 0 Å². The Morgan fingerprint density at radius 3 is 2.72 bits per heavy atom. The summed E-state index contributed by atoms with van der Waals surface area (Å²) in [5.74, 6) is -0.993. The molecule has 0 aromatic heterocycles. The Kier molecular flexibility index (Phi) is 4.85. The average Bonchev–Trinajstić information content (AvgIpc) is 2.96. The second-order valence-corrected chi connectivity index (χ2v) is 7.11. The van der Waals surface area contributed by atoms with Gasteiger partial charge in [0.2, 0.25) is 5.82 Å². The van der Waals surface area contributed by atoms with E-state index >= 15 is 0 Å². The highest BCUT2D eigenvalue weighted by atomic mass is 127. The summed E-state index contributed by atoms with van der Waals surface area (Å²) in [6.45, 7) is 1.87. The fraction of sp³-hybridized carbons (Fsp3) is 0.0714. The van der Waals surface area contributed by atoms with Gasteiger partial charge in [-0.15, -0.1) is 0 Å². The summed E-state index contributed by atoms with van der Waals surface area (Å²) < 4.78 is 33.4. The number of hydrogen-bond acceptors (Lipinski definition) is 6. The van der Waals surface area contributed by atoms with Gasteiger partial charge in [0, 0.05) is 21.4 Å². The molecule has 0 spiro atoms. The first kappa shape index (κ1) is 17.5. The quantitative estimate of drug-likeness (QED) is 0.401. The fourth-order valence-electron chi connectivity index (χ4n) is 2.20. The zero-order valence-corrected chi connectivity index (χ0v) is 15.6. The van der Waals surface area contributed by atoms with Crippen LogP contribution in [-0.2, 0) is 15.6 Å². The Morgan fingerprint density at radius 1 is 1.36 bits per heavy atom. The van der Waals surface area contributed by atoms with Gasteiger partial charge >= 0.3 is 17.0 Å². The van der Waals surface area contributed by atoms with Crippen LogP contribution < -0.4 is 10.0 Å². The highest BCUT2D eigenvalue weighted by Gasteiger charge is 2.25. The summed E-state index contributed by atoms with van der Waals surface area (Å²) in [5.41, 5.74) is 1.26. The molecule has 0 saturated carbocycles. The molecule has 0 radical (unpaired) electrons. The van der Waals surface area contributed by atoms with Gasteiger partial charge in [0.05, 0.1) is 16.2 Å². The predicted octanol–water partition coefficient (Wildman–Crippen LogP) is 3.25. The van der Waals surface area contributed by atoms with Crippen LogP contribution in [0.3, 0.4) is 0 Å². The molecule has 2 aromatic rings. The van der Waals surface area contributed by atoms with Crippen LogP contribution in [0, 0.1) is 26.4 Å². The van der Waals surface area contributed by atoms with E-state index in [0.717, 1.165) is 21.3 Å². The SMILES string of the molecule is Cc1cc(I)ccc1Nc1cc(F)c([N+](=O)[O-])cc1C1=NOS(=O)N1. The Hall–Kier alpha value is -2.28. The van der Waals surface area contributed by atoms with E-state index in [0.29, 0.717) is 5.69 Å². The predicted molar refractivity (Wildman–Crippen MR) is 99.1 cm³/mol. The molecule has 8 nitrogen and oxygen atoms in total.